The van der Waals surface area contributed by atoms with Gasteiger partial charge in [-0.1, -0.05) is 30.3 Å². The van der Waals surface area contributed by atoms with Crippen LogP contribution < -0.4 is 0 Å². The second kappa shape index (κ2) is 7.27. The molecule has 0 saturated carbocycles. The number of carbonyl (C=O) groups is 1. The molecule has 1 aliphatic heterocycles. The van der Waals surface area contributed by atoms with Crippen molar-refractivity contribution in [3.05, 3.63) is 35.9 Å². The summed E-state index contributed by atoms with van der Waals surface area (Å²) in [6.45, 7) is 0.771. The minimum atomic E-state index is -3.22. The van der Waals surface area contributed by atoms with Crippen molar-refractivity contribution in [1.29, 1.82) is 0 Å². The number of rotatable bonds is 4. The van der Waals surface area contributed by atoms with Gasteiger partial charge in [-0.05, 0) is 18.4 Å². The third-order valence-electron chi connectivity index (χ3n) is 3.79. The maximum Gasteiger partial charge on any atom is 0.222 e. The molecule has 2 rings (SSSR count). The Kier molecular flexibility index (Phi) is 5.65. The van der Waals surface area contributed by atoms with Crippen molar-refractivity contribution in [2.24, 2.45) is 0 Å². The van der Waals surface area contributed by atoms with Gasteiger partial charge in [0.05, 0.1) is 11.0 Å². The van der Waals surface area contributed by atoms with Crippen molar-refractivity contribution < 1.29 is 13.2 Å². The first-order valence-corrected chi connectivity index (χ1v) is 9.40. The fourth-order valence-electron chi connectivity index (χ4n) is 2.61. The molecule has 0 bridgehead atoms. The van der Waals surface area contributed by atoms with Crippen molar-refractivity contribution in [3.63, 3.8) is 0 Å². The molecule has 116 valence electrons. The number of amides is 1. The molecule has 0 N–H and O–H groups in total. The molecule has 6 heteroatoms. The summed E-state index contributed by atoms with van der Waals surface area (Å²) in [5, 5.41) is -0.510. The Hall–Kier alpha value is -1.07. The van der Waals surface area contributed by atoms with E-state index in [1.165, 1.54) is 0 Å². The summed E-state index contributed by atoms with van der Waals surface area (Å²) >= 11 is 5.60. The van der Waals surface area contributed by atoms with Gasteiger partial charge in [0.15, 0.2) is 9.84 Å². The zero-order valence-corrected chi connectivity index (χ0v) is 13.4. The molecule has 1 fully saturated rings. The lowest BCUT2D eigenvalue weighted by atomic mass is 10.1. The lowest BCUT2D eigenvalue weighted by Gasteiger charge is -2.19. The zero-order valence-electron chi connectivity index (χ0n) is 11.9. The standard InChI is InChI=1S/C15H20ClNO3S/c16-9-4-7-15(18)17-10-8-14(21(19,20)12-11-17)13-5-2-1-3-6-13/h1-3,5-6,14H,4,7-12H2. The minimum Gasteiger partial charge on any atom is -0.342 e. The van der Waals surface area contributed by atoms with E-state index in [-0.39, 0.29) is 18.2 Å². The molecular formula is C15H20ClNO3S. The van der Waals surface area contributed by atoms with Gasteiger partial charge in [-0.25, -0.2) is 8.42 Å². The largest absolute Gasteiger partial charge is 0.342 e. The van der Waals surface area contributed by atoms with Crippen LogP contribution >= 0.6 is 11.6 Å². The van der Waals surface area contributed by atoms with E-state index in [9.17, 15) is 13.2 Å². The van der Waals surface area contributed by atoms with Crippen LogP contribution in [-0.2, 0) is 14.6 Å². The van der Waals surface area contributed by atoms with E-state index in [2.05, 4.69) is 0 Å². The van der Waals surface area contributed by atoms with Gasteiger partial charge in [0, 0.05) is 25.4 Å². The highest BCUT2D eigenvalue weighted by molar-refractivity contribution is 7.91. The number of halogens is 1. The van der Waals surface area contributed by atoms with Crippen molar-refractivity contribution >= 4 is 27.3 Å². The first-order chi connectivity index (χ1) is 10.0. The molecule has 0 aliphatic carbocycles. The predicted octanol–water partition coefficient (Wildman–Crippen LogP) is 2.39. The van der Waals surface area contributed by atoms with Gasteiger partial charge in [0.2, 0.25) is 5.91 Å². The van der Waals surface area contributed by atoms with Gasteiger partial charge in [0.1, 0.15) is 0 Å². The Labute approximate surface area is 131 Å². The van der Waals surface area contributed by atoms with Gasteiger partial charge in [-0.15, -0.1) is 11.6 Å². The fraction of sp³-hybridized carbons (Fsp3) is 0.533. The van der Waals surface area contributed by atoms with E-state index in [0.717, 1.165) is 5.56 Å². The van der Waals surface area contributed by atoms with Gasteiger partial charge >= 0.3 is 0 Å². The quantitative estimate of drug-likeness (QED) is 0.797. The third-order valence-corrected chi connectivity index (χ3v) is 6.18. The summed E-state index contributed by atoms with van der Waals surface area (Å²) in [7, 11) is -3.22. The SMILES string of the molecule is O=C(CCCCl)N1CCC(c2ccccc2)S(=O)(=O)CC1. The van der Waals surface area contributed by atoms with Crippen LogP contribution in [0.4, 0.5) is 0 Å². The Morgan fingerprint density at radius 3 is 2.62 bits per heavy atom. The highest BCUT2D eigenvalue weighted by Gasteiger charge is 2.32. The topological polar surface area (TPSA) is 54.5 Å². The number of benzene rings is 1. The average Bonchev–Trinajstić information content (AvgIpc) is 2.64. The number of hydrogen-bond donors (Lipinski definition) is 0. The number of alkyl halides is 1. The second-order valence-corrected chi connectivity index (χ2v) is 7.91. The molecule has 1 aliphatic rings. The third kappa shape index (κ3) is 4.20. The van der Waals surface area contributed by atoms with E-state index in [0.29, 0.717) is 31.7 Å². The maximum atomic E-state index is 12.4. The summed E-state index contributed by atoms with van der Waals surface area (Å²) in [5.41, 5.74) is 0.813. The highest BCUT2D eigenvalue weighted by atomic mass is 35.5. The molecular weight excluding hydrogens is 310 g/mol. The van der Waals surface area contributed by atoms with Crippen LogP contribution in [0.5, 0.6) is 0 Å². The smallest absolute Gasteiger partial charge is 0.222 e. The van der Waals surface area contributed by atoms with Crippen molar-refractivity contribution in [2.75, 3.05) is 24.7 Å². The fourth-order valence-corrected chi connectivity index (χ4v) is 4.54. The molecule has 1 aromatic carbocycles. The molecule has 0 radical (unpaired) electrons. The molecule has 1 atom stereocenters. The van der Waals surface area contributed by atoms with Crippen LogP contribution in [0, 0.1) is 0 Å². The Morgan fingerprint density at radius 1 is 1.24 bits per heavy atom. The van der Waals surface area contributed by atoms with E-state index >= 15 is 0 Å². The summed E-state index contributed by atoms with van der Waals surface area (Å²) in [6.07, 6.45) is 1.48. The lowest BCUT2D eigenvalue weighted by molar-refractivity contribution is -0.130. The molecule has 1 unspecified atom stereocenters. The molecule has 1 amide bonds. The Morgan fingerprint density at radius 2 is 1.95 bits per heavy atom. The Balaban J connectivity index is 2.11. The number of hydrogen-bond acceptors (Lipinski definition) is 3. The molecule has 0 spiro atoms. The monoisotopic (exact) mass is 329 g/mol. The lowest BCUT2D eigenvalue weighted by Crippen LogP contribution is -2.33. The molecule has 4 nitrogen and oxygen atoms in total. The van der Waals surface area contributed by atoms with Crippen molar-refractivity contribution in [2.45, 2.75) is 24.5 Å². The first kappa shape index (κ1) is 16.3. The van der Waals surface area contributed by atoms with Crippen LogP contribution in [0.25, 0.3) is 0 Å². The normalized spacial score (nSPS) is 21.8. The first-order valence-electron chi connectivity index (χ1n) is 7.15. The van der Waals surface area contributed by atoms with E-state index in [1.54, 1.807) is 4.90 Å². The van der Waals surface area contributed by atoms with Crippen LogP contribution in [0.3, 0.4) is 0 Å². The van der Waals surface area contributed by atoms with Crippen LogP contribution in [-0.4, -0.2) is 43.9 Å². The molecule has 0 aromatic heterocycles. The van der Waals surface area contributed by atoms with Gasteiger partial charge in [-0.2, -0.15) is 0 Å². The van der Waals surface area contributed by atoms with Gasteiger partial charge in [0.25, 0.3) is 0 Å². The van der Waals surface area contributed by atoms with Crippen LogP contribution in [0.15, 0.2) is 30.3 Å². The maximum absolute atomic E-state index is 12.4. The van der Waals surface area contributed by atoms with E-state index in [4.69, 9.17) is 11.6 Å². The zero-order chi connectivity index (χ0) is 15.3. The molecule has 1 saturated heterocycles. The van der Waals surface area contributed by atoms with Crippen LogP contribution in [0.1, 0.15) is 30.1 Å². The van der Waals surface area contributed by atoms with Crippen molar-refractivity contribution in [1.82, 2.24) is 4.90 Å². The minimum absolute atomic E-state index is 0.000406. The average molecular weight is 330 g/mol. The highest BCUT2D eigenvalue weighted by Crippen LogP contribution is 2.29. The summed E-state index contributed by atoms with van der Waals surface area (Å²) in [5.74, 6) is 0.475. The number of nitrogens with zero attached hydrogens (tertiary/aromatic N) is 1. The molecule has 1 heterocycles. The van der Waals surface area contributed by atoms with Gasteiger partial charge < -0.3 is 4.90 Å². The summed E-state index contributed by atoms with van der Waals surface area (Å²) < 4.78 is 24.9. The second-order valence-electron chi connectivity index (χ2n) is 5.23. The molecule has 21 heavy (non-hydrogen) atoms. The molecule has 1 aromatic rings. The van der Waals surface area contributed by atoms with E-state index < -0.39 is 15.1 Å². The van der Waals surface area contributed by atoms with Gasteiger partial charge in [-0.3, -0.25) is 4.79 Å². The van der Waals surface area contributed by atoms with Crippen molar-refractivity contribution in [3.8, 4) is 0 Å². The van der Waals surface area contributed by atoms with Crippen LogP contribution in [0.2, 0.25) is 0 Å². The Bertz CT molecular complexity index is 574. The number of sulfone groups is 1. The summed E-state index contributed by atoms with van der Waals surface area (Å²) in [6, 6.07) is 9.24. The van der Waals surface area contributed by atoms with E-state index in [1.807, 2.05) is 30.3 Å². The summed E-state index contributed by atoms with van der Waals surface area (Å²) in [4.78, 5) is 13.7. The number of carbonyl (C=O) groups excluding carboxylic acids is 1. The predicted molar refractivity (Wildman–Crippen MR) is 84.1 cm³/mol.